The maximum absolute atomic E-state index is 14.5. The number of aliphatic hydroxyl groups is 5. The fourth-order valence-electron chi connectivity index (χ4n) is 11.6. The SMILES string of the molecule is CCN[C@H]1CO[C@@H](O[C@H]2[C@H](O[C@H]3C#C/C=C\C#C[C@]4(O)CC(=O)C(CC(C)=O)=C3/C4=C\CSSc3c(C)cncc3C)O[C@H](C)[C@@H](NO[C@H]3C[C@H](O)[C@H](SC(=O)c4c(C)c(I)c(O[C@@H]5O[C@@H](C)[C@H](O)[C@@H](OC)[C@H]5O)c(OC)c4OC)[C@@H](C)O3)[C@@H]2O)C[C@@H]1OC. The van der Waals surface area contributed by atoms with Crippen LogP contribution in [0.1, 0.15) is 87.4 Å². The zero-order valence-corrected chi connectivity index (χ0v) is 56.2. The molecule has 4 fully saturated rings. The molecule has 2 bridgehead atoms. The van der Waals surface area contributed by atoms with E-state index in [1.54, 1.807) is 53.3 Å². The van der Waals surface area contributed by atoms with Crippen molar-refractivity contribution in [1.82, 2.24) is 15.8 Å². The van der Waals surface area contributed by atoms with Crippen LogP contribution in [0.15, 0.2) is 52.2 Å². The highest BCUT2D eigenvalue weighted by atomic mass is 127. The lowest BCUT2D eigenvalue weighted by Gasteiger charge is -2.46. The highest BCUT2D eigenvalue weighted by Gasteiger charge is 2.52. The summed E-state index contributed by atoms with van der Waals surface area (Å²) in [5.74, 6) is 11.4. The molecule has 0 radical (unpaired) electrons. The number of methoxy groups -OCH3 is 4. The first kappa shape index (κ1) is 71.1. The molecule has 7 N–H and O–H groups in total. The summed E-state index contributed by atoms with van der Waals surface area (Å²) >= 11 is 2.84. The van der Waals surface area contributed by atoms with Crippen LogP contribution in [-0.4, -0.2) is 210 Å². The van der Waals surface area contributed by atoms with Gasteiger partial charge in [0.15, 0.2) is 41.8 Å². The molecule has 0 unspecified atom stereocenters. The van der Waals surface area contributed by atoms with E-state index >= 15 is 0 Å². The number of ether oxygens (including phenoxy) is 11. The van der Waals surface area contributed by atoms with E-state index in [1.165, 1.54) is 62.0 Å². The summed E-state index contributed by atoms with van der Waals surface area (Å²) in [5.41, 5.74) is 3.93. The van der Waals surface area contributed by atoms with Gasteiger partial charge in [0, 0.05) is 73.2 Å². The number of nitrogens with zero attached hydrogens (tertiary/aromatic N) is 1. The van der Waals surface area contributed by atoms with E-state index in [1.807, 2.05) is 43.4 Å². The molecular formula is C62H80IN3O20S3. The highest BCUT2D eigenvalue weighted by molar-refractivity contribution is 14.1. The van der Waals surface area contributed by atoms with Gasteiger partial charge in [0.2, 0.25) is 17.2 Å². The molecular weight excluding hydrogens is 1330 g/mol. The molecule has 0 spiro atoms. The third-order valence-electron chi connectivity index (χ3n) is 16.2. The van der Waals surface area contributed by atoms with Crippen molar-refractivity contribution in [2.24, 2.45) is 0 Å². The van der Waals surface area contributed by atoms with Crippen LogP contribution in [-0.2, 0) is 52.3 Å². The van der Waals surface area contributed by atoms with Gasteiger partial charge in [0.25, 0.3) is 0 Å². The predicted octanol–water partition coefficient (Wildman–Crippen LogP) is 4.66. The number of aliphatic hydroxyl groups excluding tert-OH is 4. The Balaban J connectivity index is 1.03. The van der Waals surface area contributed by atoms with Crippen LogP contribution in [0.5, 0.6) is 17.2 Å². The number of allylic oxidation sites excluding steroid dienone is 3. The van der Waals surface area contributed by atoms with E-state index in [4.69, 9.17) is 56.9 Å². The Labute approximate surface area is 544 Å². The number of benzene rings is 1. The molecule has 2 aliphatic carbocycles. The number of likely N-dealkylation sites (N-methyl/N-ethyl adjacent to an activating group) is 1. The smallest absolute Gasteiger partial charge is 0.229 e. The zero-order chi connectivity index (χ0) is 64.6. The number of pyridine rings is 1. The van der Waals surface area contributed by atoms with Crippen molar-refractivity contribution in [2.75, 3.05) is 47.3 Å². The molecule has 4 aliphatic heterocycles. The fourth-order valence-corrected chi connectivity index (χ4v) is 15.7. The summed E-state index contributed by atoms with van der Waals surface area (Å²) in [7, 11) is 8.70. The third kappa shape index (κ3) is 16.3. The Morgan fingerprint density at radius 3 is 2.24 bits per heavy atom. The molecule has 5 heterocycles. The van der Waals surface area contributed by atoms with Crippen LogP contribution >= 0.6 is 55.9 Å². The molecule has 8 rings (SSSR count). The number of ketones is 2. The monoisotopic (exact) mass is 1410 g/mol. The Hall–Kier alpha value is -3.74. The zero-order valence-electron chi connectivity index (χ0n) is 51.6. The summed E-state index contributed by atoms with van der Waals surface area (Å²) in [5, 5.41) is 60.6. The molecule has 23 nitrogen and oxygen atoms in total. The van der Waals surface area contributed by atoms with Crippen LogP contribution in [0.25, 0.3) is 0 Å². The van der Waals surface area contributed by atoms with Crippen molar-refractivity contribution in [3.8, 4) is 40.9 Å². The minimum absolute atomic E-state index is 0.0303. The van der Waals surface area contributed by atoms with Crippen LogP contribution in [0.2, 0.25) is 0 Å². The second-order valence-electron chi connectivity index (χ2n) is 22.4. The van der Waals surface area contributed by atoms with Crippen LogP contribution < -0.4 is 25.0 Å². The Bertz CT molecular complexity index is 3080. The molecule has 4 saturated heterocycles. The van der Waals surface area contributed by atoms with Gasteiger partial charge in [-0.1, -0.05) is 70.0 Å². The minimum Gasteiger partial charge on any atom is -0.492 e. The van der Waals surface area contributed by atoms with Crippen molar-refractivity contribution in [2.45, 2.75) is 201 Å². The van der Waals surface area contributed by atoms with Gasteiger partial charge in [-0.3, -0.25) is 24.2 Å². The second-order valence-corrected chi connectivity index (χ2v) is 27.0. The second kappa shape index (κ2) is 31.9. The number of hydrogen-bond donors (Lipinski definition) is 7. The Morgan fingerprint density at radius 1 is 0.865 bits per heavy atom. The van der Waals surface area contributed by atoms with Crippen molar-refractivity contribution in [3.63, 3.8) is 0 Å². The number of aromatic nitrogens is 1. The van der Waals surface area contributed by atoms with Gasteiger partial charge in [0.1, 0.15) is 42.4 Å². The van der Waals surface area contributed by atoms with Gasteiger partial charge >= 0.3 is 0 Å². The summed E-state index contributed by atoms with van der Waals surface area (Å²) in [6.07, 6.45) is -9.09. The van der Waals surface area contributed by atoms with Crippen molar-refractivity contribution >= 4 is 72.6 Å². The van der Waals surface area contributed by atoms with Gasteiger partial charge in [-0.2, -0.15) is 5.48 Å². The number of Topliss-reactive ketones (excluding diaryl/α,β-unsaturated/α-hetero) is 2. The third-order valence-corrected chi connectivity index (χ3v) is 21.4. The topological polar surface area (TPSA) is 300 Å². The maximum atomic E-state index is 14.5. The number of halogens is 1. The number of hydrogen-bond acceptors (Lipinski definition) is 26. The molecule has 19 atom stereocenters. The lowest BCUT2D eigenvalue weighted by atomic mass is 9.72. The average molecular weight is 1410 g/mol. The Kier molecular flexibility index (Phi) is 25.5. The number of rotatable bonds is 23. The van der Waals surface area contributed by atoms with E-state index in [2.05, 4.69) is 39.5 Å². The number of carbonyl (C=O) groups is 3. The van der Waals surface area contributed by atoms with Gasteiger partial charge in [-0.25, -0.2) is 0 Å². The van der Waals surface area contributed by atoms with Gasteiger partial charge in [0.05, 0.1) is 84.2 Å². The van der Waals surface area contributed by atoms with E-state index < -0.39 is 120 Å². The number of fused-ring (bicyclic) bond motifs is 2. The van der Waals surface area contributed by atoms with Crippen LogP contribution in [0.3, 0.4) is 0 Å². The van der Waals surface area contributed by atoms with Crippen molar-refractivity contribution < 1.29 is 96.9 Å². The molecule has 0 saturated carbocycles. The number of aryl methyl sites for hydroxylation is 2. The summed E-state index contributed by atoms with van der Waals surface area (Å²) in [6, 6.07) is -1.25. The molecule has 0 amide bonds. The first-order valence-corrected chi connectivity index (χ1v) is 33.5. The van der Waals surface area contributed by atoms with E-state index in [0.717, 1.165) is 27.8 Å². The predicted molar refractivity (Wildman–Crippen MR) is 338 cm³/mol. The van der Waals surface area contributed by atoms with Gasteiger partial charge in [-0.15, -0.1) is 0 Å². The minimum atomic E-state index is -2.02. The Morgan fingerprint density at radius 2 is 1.57 bits per heavy atom. The summed E-state index contributed by atoms with van der Waals surface area (Å²) in [6.45, 7) is 14.8. The van der Waals surface area contributed by atoms with E-state index in [-0.39, 0.29) is 83.3 Å². The molecule has 2 aromatic rings. The molecule has 488 valence electrons. The molecule has 1 aromatic heterocycles. The first-order valence-electron chi connectivity index (χ1n) is 29.2. The van der Waals surface area contributed by atoms with E-state index in [0.29, 0.717) is 21.4 Å². The number of thioether (sulfide) groups is 1. The van der Waals surface area contributed by atoms with E-state index in [9.17, 15) is 39.9 Å². The normalized spacial score (nSPS) is 34.6. The quantitative estimate of drug-likeness (QED) is 0.0262. The summed E-state index contributed by atoms with van der Waals surface area (Å²) < 4.78 is 68.1. The molecule has 89 heavy (non-hydrogen) atoms. The first-order chi connectivity index (χ1) is 42.5. The van der Waals surface area contributed by atoms with Crippen LogP contribution in [0.4, 0.5) is 0 Å². The van der Waals surface area contributed by atoms with Gasteiger partial charge in [-0.05, 0) is 106 Å². The standard InChI is InChI=1S/C62H80IN3O20S3/c1-13-65-38-28-79-43(24-42(38)75-9)84-55-50(71)48(33(6)81-61(55)83-41-18-16-14-15-17-20-62(74)25-40(69)36(22-31(4)67)46(41)37(62)19-21-87-89-57-29(2)26-64-27-30(57)3)66-86-44-23-39(68)58(35(8)80-44)88-59(73)45-32(5)47(63)53(56(78-12)52(45)76-10)85-60-51(72)54(77-11)49(70)34(7)82-60/h14-15,19,26-27,33-35,38-39,41-44,48-51,54-55,58,60-61,65-66,68,70-72,74H,13,21-25,28H2,1-12H3/b15-14-,37-19+/t33-,34+,35-,38+,39+,41+,42+,43+,44+,48-,49+,50+,51-,54-,55-,58-,60+,61+,62+/m1/s1. The van der Waals surface area contributed by atoms with Crippen molar-refractivity contribution in [3.05, 3.63) is 73.2 Å². The summed E-state index contributed by atoms with van der Waals surface area (Å²) in [4.78, 5) is 53.3. The number of nitrogens with one attached hydrogen (secondary N) is 2. The van der Waals surface area contributed by atoms with Crippen LogP contribution in [0, 0.1) is 48.0 Å². The number of hydroxylamine groups is 1. The lowest BCUT2D eigenvalue weighted by molar-refractivity contribution is -0.336. The fraction of sp³-hybridized carbons (Fsp3) is 0.613. The average Bonchev–Trinajstić information content (AvgIpc) is 0.827. The maximum Gasteiger partial charge on any atom is 0.229 e. The number of carbonyl (C=O) groups excluding carboxylic acids is 3. The molecule has 1 aromatic carbocycles. The largest absolute Gasteiger partial charge is 0.492 e. The van der Waals surface area contributed by atoms with Gasteiger partial charge < -0.3 is 83.0 Å². The molecule has 27 heteroatoms. The lowest BCUT2D eigenvalue weighted by Crippen LogP contribution is -2.65. The van der Waals surface area contributed by atoms with Crippen molar-refractivity contribution in [1.29, 1.82) is 0 Å². The highest BCUT2D eigenvalue weighted by Crippen LogP contribution is 2.49. The molecule has 6 aliphatic rings.